The molecule has 0 radical (unpaired) electrons. The Morgan fingerprint density at radius 1 is 1.29 bits per heavy atom. The number of hydrogen-bond donors (Lipinski definition) is 1. The largest absolute Gasteiger partial charge is 0.385 e. The molecule has 0 spiro atoms. The van der Waals surface area contributed by atoms with Crippen LogP contribution in [0.2, 0.25) is 0 Å². The van der Waals surface area contributed by atoms with Crippen LogP contribution in [0, 0.1) is 12.8 Å². The quantitative estimate of drug-likeness (QED) is 0.766. The number of benzene rings is 1. The number of anilines is 1. The Kier molecular flexibility index (Phi) is 3.99. The molecular weight excluding hydrogens is 170 g/mol. The number of aryl methyl sites for hydroxylation is 2. The Bertz CT molecular complexity index is 289. The van der Waals surface area contributed by atoms with Crippen molar-refractivity contribution in [1.29, 1.82) is 0 Å². The lowest BCUT2D eigenvalue weighted by atomic mass is 10.1. The van der Waals surface area contributed by atoms with Crippen LogP contribution in [-0.2, 0) is 6.42 Å². The zero-order valence-corrected chi connectivity index (χ0v) is 9.72. The molecule has 0 bridgehead atoms. The Morgan fingerprint density at radius 3 is 2.50 bits per heavy atom. The molecule has 1 heteroatoms. The predicted molar refractivity (Wildman–Crippen MR) is 63.9 cm³/mol. The zero-order valence-electron chi connectivity index (χ0n) is 9.72. The lowest BCUT2D eigenvalue weighted by Gasteiger charge is -2.11. The monoisotopic (exact) mass is 191 g/mol. The van der Waals surface area contributed by atoms with E-state index in [9.17, 15) is 0 Å². The number of hydrogen-bond acceptors (Lipinski definition) is 1. The van der Waals surface area contributed by atoms with E-state index in [-0.39, 0.29) is 0 Å². The highest BCUT2D eigenvalue weighted by molar-refractivity contribution is 5.48. The maximum Gasteiger partial charge on any atom is 0.0343 e. The molecule has 0 aliphatic heterocycles. The van der Waals surface area contributed by atoms with Gasteiger partial charge in [-0.2, -0.15) is 0 Å². The smallest absolute Gasteiger partial charge is 0.0343 e. The normalized spacial score (nSPS) is 10.6. The second kappa shape index (κ2) is 5.04. The van der Waals surface area contributed by atoms with E-state index >= 15 is 0 Å². The molecule has 0 atom stereocenters. The molecule has 0 heterocycles. The van der Waals surface area contributed by atoms with Gasteiger partial charge in [0.05, 0.1) is 0 Å². The van der Waals surface area contributed by atoms with E-state index in [4.69, 9.17) is 0 Å². The van der Waals surface area contributed by atoms with Gasteiger partial charge < -0.3 is 5.32 Å². The lowest BCUT2D eigenvalue weighted by molar-refractivity contribution is 0.689. The van der Waals surface area contributed by atoms with Gasteiger partial charge in [0, 0.05) is 12.2 Å². The third kappa shape index (κ3) is 3.06. The van der Waals surface area contributed by atoms with Gasteiger partial charge in [-0.3, -0.25) is 0 Å². The summed E-state index contributed by atoms with van der Waals surface area (Å²) < 4.78 is 0. The fourth-order valence-corrected chi connectivity index (χ4v) is 1.52. The highest BCUT2D eigenvalue weighted by Crippen LogP contribution is 2.15. The summed E-state index contributed by atoms with van der Waals surface area (Å²) in [6.45, 7) is 9.87. The van der Waals surface area contributed by atoms with Crippen molar-refractivity contribution in [3.8, 4) is 0 Å². The van der Waals surface area contributed by atoms with Gasteiger partial charge in [-0.15, -0.1) is 0 Å². The van der Waals surface area contributed by atoms with E-state index in [1.807, 2.05) is 0 Å². The molecule has 0 amide bonds. The number of nitrogens with one attached hydrogen (secondary N) is 1. The molecule has 1 nitrogen and oxygen atoms in total. The van der Waals surface area contributed by atoms with Crippen LogP contribution in [0.4, 0.5) is 5.69 Å². The van der Waals surface area contributed by atoms with Crippen molar-refractivity contribution in [3.63, 3.8) is 0 Å². The number of rotatable bonds is 4. The van der Waals surface area contributed by atoms with Gasteiger partial charge in [-0.25, -0.2) is 0 Å². The van der Waals surface area contributed by atoms with Crippen molar-refractivity contribution in [2.24, 2.45) is 5.92 Å². The highest BCUT2D eigenvalue weighted by Gasteiger charge is 1.98. The van der Waals surface area contributed by atoms with E-state index in [0.717, 1.165) is 13.0 Å². The Balaban J connectivity index is 2.66. The van der Waals surface area contributed by atoms with Crippen LogP contribution in [0.5, 0.6) is 0 Å². The van der Waals surface area contributed by atoms with Gasteiger partial charge >= 0.3 is 0 Å². The van der Waals surface area contributed by atoms with Crippen LogP contribution in [0.3, 0.4) is 0 Å². The first-order chi connectivity index (χ1) is 6.63. The van der Waals surface area contributed by atoms with Crippen LogP contribution in [0.25, 0.3) is 0 Å². The third-order valence-corrected chi connectivity index (χ3v) is 2.44. The molecule has 14 heavy (non-hydrogen) atoms. The maximum absolute atomic E-state index is 3.44. The Labute approximate surface area is 87.5 Å². The van der Waals surface area contributed by atoms with E-state index in [1.165, 1.54) is 16.8 Å². The van der Waals surface area contributed by atoms with E-state index in [2.05, 4.69) is 51.2 Å². The van der Waals surface area contributed by atoms with Crippen LogP contribution in [0.15, 0.2) is 18.2 Å². The van der Waals surface area contributed by atoms with Crippen molar-refractivity contribution in [3.05, 3.63) is 29.3 Å². The molecule has 0 unspecified atom stereocenters. The minimum Gasteiger partial charge on any atom is -0.385 e. The SMILES string of the molecule is CCc1ccc(NCC(C)C)cc1C. The fourth-order valence-electron chi connectivity index (χ4n) is 1.52. The first-order valence-corrected chi connectivity index (χ1v) is 5.47. The molecule has 0 aliphatic carbocycles. The molecule has 1 N–H and O–H groups in total. The van der Waals surface area contributed by atoms with Crippen molar-refractivity contribution in [2.75, 3.05) is 11.9 Å². The second-order valence-electron chi connectivity index (χ2n) is 4.27. The summed E-state index contributed by atoms with van der Waals surface area (Å²) in [7, 11) is 0. The molecule has 0 fully saturated rings. The van der Waals surface area contributed by atoms with Gasteiger partial charge in [-0.1, -0.05) is 26.8 Å². The van der Waals surface area contributed by atoms with Crippen LogP contribution < -0.4 is 5.32 Å². The molecule has 78 valence electrons. The minimum atomic E-state index is 0.696. The van der Waals surface area contributed by atoms with Gasteiger partial charge in [0.25, 0.3) is 0 Å². The van der Waals surface area contributed by atoms with Crippen molar-refractivity contribution in [1.82, 2.24) is 0 Å². The fraction of sp³-hybridized carbons (Fsp3) is 0.538. The van der Waals surface area contributed by atoms with E-state index < -0.39 is 0 Å². The second-order valence-corrected chi connectivity index (χ2v) is 4.27. The third-order valence-electron chi connectivity index (χ3n) is 2.44. The predicted octanol–water partition coefficient (Wildman–Crippen LogP) is 3.63. The molecule has 0 aliphatic rings. The molecule has 1 aromatic rings. The maximum atomic E-state index is 3.44. The van der Waals surface area contributed by atoms with Gasteiger partial charge in [-0.05, 0) is 42.5 Å². The Morgan fingerprint density at radius 2 is 2.00 bits per heavy atom. The summed E-state index contributed by atoms with van der Waals surface area (Å²) >= 11 is 0. The molecule has 0 aromatic heterocycles. The van der Waals surface area contributed by atoms with Crippen molar-refractivity contribution in [2.45, 2.75) is 34.1 Å². The first-order valence-electron chi connectivity index (χ1n) is 5.47. The molecule has 0 saturated carbocycles. The van der Waals surface area contributed by atoms with Crippen molar-refractivity contribution < 1.29 is 0 Å². The topological polar surface area (TPSA) is 12.0 Å². The summed E-state index contributed by atoms with van der Waals surface area (Å²) in [5.74, 6) is 0.696. The molecular formula is C13H21N. The molecule has 1 rings (SSSR count). The Hall–Kier alpha value is -0.980. The van der Waals surface area contributed by atoms with Crippen LogP contribution in [0.1, 0.15) is 31.9 Å². The van der Waals surface area contributed by atoms with Crippen LogP contribution >= 0.6 is 0 Å². The minimum absolute atomic E-state index is 0.696. The summed E-state index contributed by atoms with van der Waals surface area (Å²) in [6.07, 6.45) is 1.12. The summed E-state index contributed by atoms with van der Waals surface area (Å²) in [6, 6.07) is 6.63. The molecule has 1 aromatic carbocycles. The van der Waals surface area contributed by atoms with Gasteiger partial charge in [0.15, 0.2) is 0 Å². The van der Waals surface area contributed by atoms with E-state index in [0.29, 0.717) is 5.92 Å². The summed E-state index contributed by atoms with van der Waals surface area (Å²) in [5.41, 5.74) is 4.08. The summed E-state index contributed by atoms with van der Waals surface area (Å²) in [5, 5.41) is 3.44. The average molecular weight is 191 g/mol. The molecule has 0 saturated heterocycles. The first kappa shape index (κ1) is 11.1. The van der Waals surface area contributed by atoms with Gasteiger partial charge in [0.1, 0.15) is 0 Å². The average Bonchev–Trinajstić information content (AvgIpc) is 2.15. The van der Waals surface area contributed by atoms with E-state index in [1.54, 1.807) is 0 Å². The highest BCUT2D eigenvalue weighted by atomic mass is 14.9. The lowest BCUT2D eigenvalue weighted by Crippen LogP contribution is -2.08. The zero-order chi connectivity index (χ0) is 10.6. The van der Waals surface area contributed by atoms with Gasteiger partial charge in [0.2, 0.25) is 0 Å². The van der Waals surface area contributed by atoms with Crippen molar-refractivity contribution >= 4 is 5.69 Å². The van der Waals surface area contributed by atoms with Crippen LogP contribution in [-0.4, -0.2) is 6.54 Å². The summed E-state index contributed by atoms with van der Waals surface area (Å²) in [4.78, 5) is 0. The standard InChI is InChI=1S/C13H21N/c1-5-12-6-7-13(8-11(12)4)14-9-10(2)3/h6-8,10,14H,5,9H2,1-4H3.